The molecule has 6 atom stereocenters. The van der Waals surface area contributed by atoms with Gasteiger partial charge in [-0.1, -0.05) is 19.9 Å². The second-order valence-electron chi connectivity index (χ2n) is 9.36. The summed E-state index contributed by atoms with van der Waals surface area (Å²) in [6, 6.07) is 0. The summed E-state index contributed by atoms with van der Waals surface area (Å²) in [5.41, 5.74) is 1.65. The lowest BCUT2D eigenvalue weighted by Crippen LogP contribution is -2.53. The first kappa shape index (κ1) is 16.4. The number of carbonyl (C=O) groups excluding carboxylic acids is 2. The van der Waals surface area contributed by atoms with E-state index in [0.29, 0.717) is 30.0 Å². The Hall–Kier alpha value is -1.12. The van der Waals surface area contributed by atoms with Crippen molar-refractivity contribution in [1.29, 1.82) is 0 Å². The van der Waals surface area contributed by atoms with Gasteiger partial charge in [-0.2, -0.15) is 0 Å². The van der Waals surface area contributed by atoms with E-state index in [2.05, 4.69) is 19.9 Å². The smallest absolute Gasteiger partial charge is 0.226 e. The molecule has 0 spiro atoms. The highest BCUT2D eigenvalue weighted by atomic mass is 16.2. The molecule has 3 fully saturated rings. The lowest BCUT2D eigenvalue weighted by atomic mass is 9.49. The first-order chi connectivity index (χ1) is 11.3. The molecule has 24 heavy (non-hydrogen) atoms. The molecule has 1 amide bonds. The zero-order valence-electron chi connectivity index (χ0n) is 15.6. The lowest BCUT2D eigenvalue weighted by molar-refractivity contribution is -0.137. The van der Waals surface area contributed by atoms with Crippen molar-refractivity contribution in [1.82, 2.24) is 4.90 Å². The predicted molar refractivity (Wildman–Crippen MR) is 94.0 cm³/mol. The van der Waals surface area contributed by atoms with Crippen LogP contribution in [0.15, 0.2) is 11.8 Å². The molecule has 0 N–H and O–H groups in total. The fourth-order valence-electron chi connectivity index (χ4n) is 7.25. The molecule has 1 aliphatic heterocycles. The van der Waals surface area contributed by atoms with Gasteiger partial charge in [-0.25, -0.2) is 0 Å². The minimum absolute atomic E-state index is 0.154. The Kier molecular flexibility index (Phi) is 3.54. The van der Waals surface area contributed by atoms with E-state index < -0.39 is 0 Å². The largest absolute Gasteiger partial charge is 0.319 e. The van der Waals surface area contributed by atoms with Crippen molar-refractivity contribution in [2.75, 3.05) is 7.05 Å². The van der Waals surface area contributed by atoms with Crippen molar-refractivity contribution >= 4 is 11.7 Å². The number of hydrogen-bond acceptors (Lipinski definition) is 2. The van der Waals surface area contributed by atoms with Crippen molar-refractivity contribution in [3.8, 4) is 0 Å². The third kappa shape index (κ3) is 1.96. The summed E-state index contributed by atoms with van der Waals surface area (Å²) in [5.74, 6) is 3.01. The van der Waals surface area contributed by atoms with Crippen LogP contribution >= 0.6 is 0 Å². The van der Waals surface area contributed by atoms with Crippen molar-refractivity contribution in [2.24, 2.45) is 34.5 Å². The van der Waals surface area contributed by atoms with Crippen LogP contribution in [0.4, 0.5) is 0 Å². The summed E-state index contributed by atoms with van der Waals surface area (Å²) in [5, 5.41) is 0. The number of carbonyl (C=O) groups is 2. The van der Waals surface area contributed by atoms with Gasteiger partial charge in [-0.15, -0.1) is 0 Å². The Bertz CT molecular complexity index is 623. The summed E-state index contributed by atoms with van der Waals surface area (Å²) >= 11 is 0. The molecule has 0 unspecified atom stereocenters. The monoisotopic (exact) mass is 329 g/mol. The predicted octanol–water partition coefficient (Wildman–Crippen LogP) is 4.18. The average Bonchev–Trinajstić information content (AvgIpc) is 2.89. The maximum absolute atomic E-state index is 12.2. The average molecular weight is 329 g/mol. The van der Waals surface area contributed by atoms with Crippen LogP contribution in [-0.4, -0.2) is 23.6 Å². The zero-order chi connectivity index (χ0) is 17.3. The number of nitrogens with zero attached hydrogens (tertiary/aromatic N) is 1. The molecule has 3 aliphatic carbocycles. The number of likely N-dealkylation sites (tertiary alicyclic amines) is 1. The Labute approximate surface area is 145 Å². The standard InChI is InChI=1S/C21H31NO2/c1-13(23)15-6-7-16-14-5-8-18-21(3,12-10-19(24)22(18)4)17(14)9-11-20(15,16)2/h8,14-17H,5-7,9-12H2,1-4H3/t14-,15+,16-,17-,20+,21+/m0/s1. The van der Waals surface area contributed by atoms with Gasteiger partial charge in [0.15, 0.2) is 0 Å². The summed E-state index contributed by atoms with van der Waals surface area (Å²) in [4.78, 5) is 26.3. The summed E-state index contributed by atoms with van der Waals surface area (Å²) < 4.78 is 0. The third-order valence-corrected chi connectivity index (χ3v) is 8.51. The first-order valence-corrected chi connectivity index (χ1v) is 9.76. The highest BCUT2D eigenvalue weighted by molar-refractivity contribution is 5.80. The van der Waals surface area contributed by atoms with Gasteiger partial charge in [-0.3, -0.25) is 9.59 Å². The molecule has 132 valence electrons. The third-order valence-electron chi connectivity index (χ3n) is 8.51. The van der Waals surface area contributed by atoms with Crippen molar-refractivity contribution in [2.45, 2.75) is 65.7 Å². The number of rotatable bonds is 1. The number of amides is 1. The van der Waals surface area contributed by atoms with Crippen LogP contribution in [0.1, 0.15) is 65.7 Å². The number of fused-ring (bicyclic) bond motifs is 5. The molecule has 3 heteroatoms. The summed E-state index contributed by atoms with van der Waals surface area (Å²) in [7, 11) is 1.96. The Morgan fingerprint density at radius 2 is 1.92 bits per heavy atom. The van der Waals surface area contributed by atoms with E-state index in [4.69, 9.17) is 0 Å². The molecular formula is C21H31NO2. The van der Waals surface area contributed by atoms with E-state index >= 15 is 0 Å². The van der Waals surface area contributed by atoms with E-state index in [1.807, 2.05) is 11.9 Å². The molecule has 0 radical (unpaired) electrons. The van der Waals surface area contributed by atoms with Crippen molar-refractivity contribution < 1.29 is 9.59 Å². The normalized spacial score (nSPS) is 47.6. The Morgan fingerprint density at radius 1 is 1.17 bits per heavy atom. The first-order valence-electron chi connectivity index (χ1n) is 9.76. The summed E-state index contributed by atoms with van der Waals surface area (Å²) in [6.07, 6.45) is 9.86. The van der Waals surface area contributed by atoms with Gasteiger partial charge < -0.3 is 4.90 Å². The minimum atomic E-state index is 0.154. The zero-order valence-corrected chi connectivity index (χ0v) is 15.6. The molecule has 1 saturated heterocycles. The van der Waals surface area contributed by atoms with E-state index in [0.717, 1.165) is 19.3 Å². The van der Waals surface area contributed by atoms with Gasteiger partial charge in [0, 0.05) is 30.5 Å². The van der Waals surface area contributed by atoms with Gasteiger partial charge in [-0.05, 0) is 68.6 Å². The van der Waals surface area contributed by atoms with E-state index in [1.54, 1.807) is 6.92 Å². The molecular weight excluding hydrogens is 298 g/mol. The molecule has 0 bridgehead atoms. The summed E-state index contributed by atoms with van der Waals surface area (Å²) in [6.45, 7) is 6.59. The van der Waals surface area contributed by atoms with Gasteiger partial charge >= 0.3 is 0 Å². The maximum Gasteiger partial charge on any atom is 0.226 e. The van der Waals surface area contributed by atoms with Crippen LogP contribution in [0, 0.1) is 34.5 Å². The molecule has 0 aromatic carbocycles. The van der Waals surface area contributed by atoms with E-state index in [9.17, 15) is 9.59 Å². The number of hydrogen-bond donors (Lipinski definition) is 0. The molecule has 0 aromatic rings. The van der Waals surface area contributed by atoms with Crippen LogP contribution in [0.5, 0.6) is 0 Å². The van der Waals surface area contributed by atoms with Gasteiger partial charge in [0.25, 0.3) is 0 Å². The highest BCUT2D eigenvalue weighted by Gasteiger charge is 2.60. The van der Waals surface area contributed by atoms with Gasteiger partial charge in [0.05, 0.1) is 0 Å². The van der Waals surface area contributed by atoms with Crippen molar-refractivity contribution in [3.63, 3.8) is 0 Å². The number of Topliss-reactive ketones (excluding diaryl/α,β-unsaturated/α-hetero) is 1. The molecule has 1 heterocycles. The van der Waals surface area contributed by atoms with Crippen LogP contribution in [-0.2, 0) is 9.59 Å². The fourth-order valence-corrected chi connectivity index (χ4v) is 7.25. The number of allylic oxidation sites excluding steroid dienone is 2. The Balaban J connectivity index is 1.69. The molecule has 0 aromatic heterocycles. The minimum Gasteiger partial charge on any atom is -0.319 e. The SMILES string of the molecule is CC(=O)[C@H]1CC[C@H]2[C@@H]3CC=C4N(C)C(=O)CC[C@]4(C)[C@H]3CC[C@]12C. The maximum atomic E-state index is 12.2. The van der Waals surface area contributed by atoms with Crippen LogP contribution in [0.2, 0.25) is 0 Å². The van der Waals surface area contributed by atoms with Gasteiger partial charge in [0.2, 0.25) is 5.91 Å². The quantitative estimate of drug-likeness (QED) is 0.724. The fraction of sp³-hybridized carbons (Fsp3) is 0.810. The second-order valence-corrected chi connectivity index (χ2v) is 9.36. The topological polar surface area (TPSA) is 37.4 Å². The lowest BCUT2D eigenvalue weighted by Gasteiger charge is -2.58. The molecule has 2 saturated carbocycles. The van der Waals surface area contributed by atoms with Crippen molar-refractivity contribution in [3.05, 3.63) is 11.8 Å². The van der Waals surface area contributed by atoms with Gasteiger partial charge in [0.1, 0.15) is 5.78 Å². The second kappa shape index (κ2) is 5.19. The van der Waals surface area contributed by atoms with E-state index in [1.165, 1.54) is 25.0 Å². The molecule has 3 nitrogen and oxygen atoms in total. The Morgan fingerprint density at radius 3 is 2.62 bits per heavy atom. The number of piperidine rings is 1. The van der Waals surface area contributed by atoms with Crippen LogP contribution < -0.4 is 0 Å². The van der Waals surface area contributed by atoms with E-state index in [-0.39, 0.29) is 22.7 Å². The number of ketones is 1. The molecule has 4 rings (SSSR count). The highest BCUT2D eigenvalue weighted by Crippen LogP contribution is 2.65. The molecule has 4 aliphatic rings. The van der Waals surface area contributed by atoms with Crippen LogP contribution in [0.25, 0.3) is 0 Å². The van der Waals surface area contributed by atoms with Crippen LogP contribution in [0.3, 0.4) is 0 Å².